The van der Waals surface area contributed by atoms with Crippen molar-refractivity contribution in [1.29, 1.82) is 0 Å². The Balaban J connectivity index is 2.18. The molecule has 0 aromatic rings. The Labute approximate surface area is 76.1 Å². The summed E-state index contributed by atoms with van der Waals surface area (Å²) in [5.74, 6) is 0. The molecule has 0 amide bonds. The monoisotopic (exact) mass is 170 g/mol. The molecule has 0 aromatic heterocycles. The smallest absolute Gasteiger partial charge is 0.00938 e. The van der Waals surface area contributed by atoms with Crippen LogP contribution in [0.2, 0.25) is 0 Å². The minimum absolute atomic E-state index is 0.744. The highest BCUT2D eigenvalue weighted by molar-refractivity contribution is 4.77. The van der Waals surface area contributed by atoms with Gasteiger partial charge in [0.25, 0.3) is 0 Å². The van der Waals surface area contributed by atoms with Crippen LogP contribution in [0.5, 0.6) is 0 Å². The van der Waals surface area contributed by atoms with Crippen molar-refractivity contribution in [3.63, 3.8) is 0 Å². The summed E-state index contributed by atoms with van der Waals surface area (Å²) in [4.78, 5) is 0. The first-order valence-corrected chi connectivity index (χ1v) is 5.33. The topological polar surface area (TPSA) is 24.1 Å². The second-order valence-electron chi connectivity index (χ2n) is 3.70. The van der Waals surface area contributed by atoms with Gasteiger partial charge in [-0.1, -0.05) is 13.8 Å². The van der Waals surface area contributed by atoms with E-state index in [9.17, 15) is 0 Å². The van der Waals surface area contributed by atoms with E-state index < -0.39 is 0 Å². The zero-order valence-electron chi connectivity index (χ0n) is 8.40. The molecule has 2 heteroatoms. The Morgan fingerprint density at radius 2 is 1.83 bits per heavy atom. The van der Waals surface area contributed by atoms with Gasteiger partial charge in [0, 0.05) is 12.1 Å². The lowest BCUT2D eigenvalue weighted by molar-refractivity contribution is 0.337. The van der Waals surface area contributed by atoms with Crippen LogP contribution in [0.3, 0.4) is 0 Å². The van der Waals surface area contributed by atoms with Crippen LogP contribution in [-0.4, -0.2) is 25.2 Å². The van der Waals surface area contributed by atoms with Gasteiger partial charge in [0.05, 0.1) is 0 Å². The van der Waals surface area contributed by atoms with Crippen molar-refractivity contribution < 1.29 is 0 Å². The molecule has 1 saturated heterocycles. The van der Waals surface area contributed by atoms with E-state index >= 15 is 0 Å². The first-order chi connectivity index (χ1) is 5.86. The van der Waals surface area contributed by atoms with Crippen molar-refractivity contribution in [2.75, 3.05) is 13.1 Å². The van der Waals surface area contributed by atoms with Gasteiger partial charge in [-0.05, 0) is 38.8 Å². The number of hydrogen-bond donors (Lipinski definition) is 2. The summed E-state index contributed by atoms with van der Waals surface area (Å²) in [7, 11) is 0. The molecule has 0 bridgehead atoms. The second kappa shape index (κ2) is 5.55. The Morgan fingerprint density at radius 1 is 1.25 bits per heavy atom. The SMILES string of the molecule is CCC(CC)NC1CCNCC1. The van der Waals surface area contributed by atoms with Crippen molar-refractivity contribution in [3.8, 4) is 0 Å². The third-order valence-corrected chi connectivity index (χ3v) is 2.80. The average molecular weight is 170 g/mol. The van der Waals surface area contributed by atoms with Gasteiger partial charge in [0.2, 0.25) is 0 Å². The van der Waals surface area contributed by atoms with Crippen molar-refractivity contribution in [2.24, 2.45) is 0 Å². The minimum Gasteiger partial charge on any atom is -0.317 e. The summed E-state index contributed by atoms with van der Waals surface area (Å²) in [5, 5.41) is 7.10. The Hall–Kier alpha value is -0.0800. The molecule has 0 aromatic carbocycles. The molecule has 72 valence electrons. The fourth-order valence-electron chi connectivity index (χ4n) is 1.85. The van der Waals surface area contributed by atoms with E-state index in [0.29, 0.717) is 0 Å². The van der Waals surface area contributed by atoms with E-state index in [-0.39, 0.29) is 0 Å². The molecule has 0 radical (unpaired) electrons. The maximum Gasteiger partial charge on any atom is 0.00938 e. The number of nitrogens with one attached hydrogen (secondary N) is 2. The molecule has 2 N–H and O–H groups in total. The van der Waals surface area contributed by atoms with Gasteiger partial charge in [-0.15, -0.1) is 0 Å². The third-order valence-electron chi connectivity index (χ3n) is 2.80. The Bertz CT molecular complexity index is 104. The summed E-state index contributed by atoms with van der Waals surface area (Å²) in [6.07, 6.45) is 5.13. The molecule has 0 atom stereocenters. The highest BCUT2D eigenvalue weighted by Crippen LogP contribution is 2.06. The largest absolute Gasteiger partial charge is 0.317 e. The summed E-state index contributed by atoms with van der Waals surface area (Å²) < 4.78 is 0. The normalized spacial score (nSPS) is 20.2. The molecular weight excluding hydrogens is 148 g/mol. The van der Waals surface area contributed by atoms with Crippen LogP contribution < -0.4 is 10.6 Å². The van der Waals surface area contributed by atoms with E-state index in [2.05, 4.69) is 24.5 Å². The average Bonchev–Trinajstić information content (AvgIpc) is 2.16. The van der Waals surface area contributed by atoms with Crippen molar-refractivity contribution in [3.05, 3.63) is 0 Å². The van der Waals surface area contributed by atoms with Gasteiger partial charge in [0.15, 0.2) is 0 Å². The van der Waals surface area contributed by atoms with Gasteiger partial charge < -0.3 is 10.6 Å². The molecule has 0 aliphatic carbocycles. The Kier molecular flexibility index (Phi) is 4.62. The molecule has 1 rings (SSSR count). The standard InChI is InChI=1S/C10H22N2/c1-3-9(4-2)12-10-5-7-11-8-6-10/h9-12H,3-8H2,1-2H3. The molecule has 12 heavy (non-hydrogen) atoms. The molecule has 0 saturated carbocycles. The van der Waals surface area contributed by atoms with Crippen LogP contribution in [0.15, 0.2) is 0 Å². The quantitative estimate of drug-likeness (QED) is 0.668. The zero-order chi connectivity index (χ0) is 8.81. The lowest BCUT2D eigenvalue weighted by Gasteiger charge is -2.27. The lowest BCUT2D eigenvalue weighted by Crippen LogP contribution is -2.44. The number of piperidine rings is 1. The number of rotatable bonds is 4. The fourth-order valence-corrected chi connectivity index (χ4v) is 1.85. The molecule has 0 unspecified atom stereocenters. The van der Waals surface area contributed by atoms with Crippen LogP contribution in [-0.2, 0) is 0 Å². The van der Waals surface area contributed by atoms with Gasteiger partial charge in [-0.3, -0.25) is 0 Å². The van der Waals surface area contributed by atoms with Crippen LogP contribution in [0.1, 0.15) is 39.5 Å². The lowest BCUT2D eigenvalue weighted by atomic mass is 10.0. The van der Waals surface area contributed by atoms with Crippen LogP contribution in [0, 0.1) is 0 Å². The molecule has 1 aliphatic rings. The molecule has 1 fully saturated rings. The summed E-state index contributed by atoms with van der Waals surface area (Å²) in [5.41, 5.74) is 0. The minimum atomic E-state index is 0.744. The predicted molar refractivity (Wildman–Crippen MR) is 53.4 cm³/mol. The van der Waals surface area contributed by atoms with Crippen LogP contribution in [0.25, 0.3) is 0 Å². The maximum atomic E-state index is 3.72. The molecular formula is C10H22N2. The molecule has 1 aliphatic heterocycles. The first-order valence-electron chi connectivity index (χ1n) is 5.33. The van der Waals surface area contributed by atoms with Gasteiger partial charge in [-0.2, -0.15) is 0 Å². The van der Waals surface area contributed by atoms with E-state index in [1.165, 1.54) is 38.8 Å². The van der Waals surface area contributed by atoms with Gasteiger partial charge in [-0.25, -0.2) is 0 Å². The van der Waals surface area contributed by atoms with Crippen molar-refractivity contribution in [1.82, 2.24) is 10.6 Å². The number of hydrogen-bond acceptors (Lipinski definition) is 2. The summed E-state index contributed by atoms with van der Waals surface area (Å²) in [6.45, 7) is 6.92. The zero-order valence-corrected chi connectivity index (χ0v) is 8.40. The third kappa shape index (κ3) is 3.11. The van der Waals surface area contributed by atoms with Gasteiger partial charge >= 0.3 is 0 Å². The summed E-state index contributed by atoms with van der Waals surface area (Å²) >= 11 is 0. The van der Waals surface area contributed by atoms with E-state index in [1.54, 1.807) is 0 Å². The molecule has 0 spiro atoms. The molecule has 2 nitrogen and oxygen atoms in total. The van der Waals surface area contributed by atoms with E-state index in [1.807, 2.05) is 0 Å². The first kappa shape index (κ1) is 10.0. The van der Waals surface area contributed by atoms with E-state index in [4.69, 9.17) is 0 Å². The molecule has 1 heterocycles. The van der Waals surface area contributed by atoms with Crippen LogP contribution >= 0.6 is 0 Å². The van der Waals surface area contributed by atoms with E-state index in [0.717, 1.165) is 12.1 Å². The van der Waals surface area contributed by atoms with Gasteiger partial charge in [0.1, 0.15) is 0 Å². The van der Waals surface area contributed by atoms with Crippen molar-refractivity contribution in [2.45, 2.75) is 51.6 Å². The highest BCUT2D eigenvalue weighted by atomic mass is 15.0. The summed E-state index contributed by atoms with van der Waals surface area (Å²) in [6, 6.07) is 1.52. The fraction of sp³-hybridized carbons (Fsp3) is 1.00. The maximum absolute atomic E-state index is 3.72. The second-order valence-corrected chi connectivity index (χ2v) is 3.70. The highest BCUT2D eigenvalue weighted by Gasteiger charge is 2.14. The predicted octanol–water partition coefficient (Wildman–Crippen LogP) is 1.52. The van der Waals surface area contributed by atoms with Crippen LogP contribution in [0.4, 0.5) is 0 Å². The van der Waals surface area contributed by atoms with Crippen molar-refractivity contribution >= 4 is 0 Å². The Morgan fingerprint density at radius 3 is 2.33 bits per heavy atom.